The smallest absolute Gasteiger partial charge is 0.335 e. The molecular weight excluding hydrogens is 446 g/mol. The second-order valence-corrected chi connectivity index (χ2v) is 7.94. The average Bonchev–Trinajstić information content (AvgIpc) is 2.85. The molecular formula is C24H29NO9. The monoisotopic (exact) mass is 475 g/mol. The number of nitrogens with two attached hydrogens (primary N) is 1. The van der Waals surface area contributed by atoms with Crippen molar-refractivity contribution in [1.82, 2.24) is 0 Å². The van der Waals surface area contributed by atoms with Crippen LogP contribution in [0.4, 0.5) is 0 Å². The molecule has 1 fully saturated rings. The van der Waals surface area contributed by atoms with E-state index >= 15 is 0 Å². The molecule has 0 aromatic heterocycles. The second-order valence-electron chi connectivity index (χ2n) is 7.94. The van der Waals surface area contributed by atoms with Crippen LogP contribution in [0.3, 0.4) is 0 Å². The molecule has 0 radical (unpaired) electrons. The maximum atomic E-state index is 12.8. The highest BCUT2D eigenvalue weighted by molar-refractivity contribution is 5.98. The van der Waals surface area contributed by atoms with E-state index in [0.29, 0.717) is 24.2 Å². The van der Waals surface area contributed by atoms with Gasteiger partial charge in [0.15, 0.2) is 18.2 Å². The van der Waals surface area contributed by atoms with E-state index in [2.05, 4.69) is 0 Å². The van der Waals surface area contributed by atoms with Crippen LogP contribution in [-0.4, -0.2) is 82.1 Å². The van der Waals surface area contributed by atoms with E-state index in [1.54, 1.807) is 24.3 Å². The van der Waals surface area contributed by atoms with Gasteiger partial charge in [0.05, 0.1) is 5.56 Å². The minimum atomic E-state index is -1.83. The van der Waals surface area contributed by atoms with Crippen molar-refractivity contribution in [3.8, 4) is 5.75 Å². The Hall–Kier alpha value is -2.86. The molecule has 0 bridgehead atoms. The number of Topliss-reactive ketones (excluding diaryl/α,β-unsaturated/α-hetero) is 1. The average molecular weight is 475 g/mol. The third-order valence-corrected chi connectivity index (χ3v) is 5.50. The van der Waals surface area contributed by atoms with Gasteiger partial charge in [-0.25, -0.2) is 4.79 Å². The van der Waals surface area contributed by atoms with Gasteiger partial charge in [-0.2, -0.15) is 0 Å². The number of aliphatic hydroxyl groups excluding tert-OH is 3. The number of carboxylic acids is 1. The summed E-state index contributed by atoms with van der Waals surface area (Å²) in [7, 11) is 0. The Morgan fingerprint density at radius 2 is 1.65 bits per heavy atom. The van der Waals surface area contributed by atoms with Gasteiger partial charge in [0.2, 0.25) is 0 Å². The van der Waals surface area contributed by atoms with Crippen molar-refractivity contribution in [3.05, 3.63) is 65.7 Å². The molecule has 1 aliphatic heterocycles. The molecule has 3 rings (SSSR count). The number of aliphatic carboxylic acids is 1. The van der Waals surface area contributed by atoms with E-state index in [9.17, 15) is 24.9 Å². The zero-order valence-electron chi connectivity index (χ0n) is 18.4. The summed E-state index contributed by atoms with van der Waals surface area (Å²) in [5, 5.41) is 39.0. The molecule has 0 aliphatic carbocycles. The quantitative estimate of drug-likeness (QED) is 0.281. The van der Waals surface area contributed by atoms with Crippen molar-refractivity contribution >= 4 is 11.8 Å². The van der Waals surface area contributed by atoms with Gasteiger partial charge in [0.1, 0.15) is 36.8 Å². The summed E-state index contributed by atoms with van der Waals surface area (Å²) in [4.78, 5) is 24.0. The van der Waals surface area contributed by atoms with E-state index in [1.165, 1.54) is 0 Å². The number of rotatable bonds is 11. The summed E-state index contributed by atoms with van der Waals surface area (Å²) in [5.41, 5.74) is 7.17. The number of benzene rings is 2. The van der Waals surface area contributed by atoms with Crippen molar-refractivity contribution in [1.29, 1.82) is 0 Å². The molecule has 2 aromatic rings. The van der Waals surface area contributed by atoms with Crippen molar-refractivity contribution in [3.63, 3.8) is 0 Å². The summed E-state index contributed by atoms with van der Waals surface area (Å²) >= 11 is 0. The number of aliphatic hydroxyl groups is 3. The first-order chi connectivity index (χ1) is 16.3. The highest BCUT2D eigenvalue weighted by Crippen LogP contribution is 2.25. The first-order valence-corrected chi connectivity index (χ1v) is 10.9. The second kappa shape index (κ2) is 12.0. The van der Waals surface area contributed by atoms with Gasteiger partial charge in [0, 0.05) is 13.0 Å². The van der Waals surface area contributed by atoms with Crippen LogP contribution in [0.2, 0.25) is 0 Å². The summed E-state index contributed by atoms with van der Waals surface area (Å²) in [6.07, 6.45) is -8.66. The molecule has 6 N–H and O–H groups in total. The van der Waals surface area contributed by atoms with Gasteiger partial charge in [-0.3, -0.25) is 4.79 Å². The maximum absolute atomic E-state index is 12.8. The van der Waals surface area contributed by atoms with Crippen molar-refractivity contribution in [2.45, 2.75) is 49.7 Å². The SMILES string of the molecule is NCC(COc1ccccc1C(=O)CCc1ccccc1)OC1OC(C(=O)O)C(O)C(O)C1O. The Morgan fingerprint density at radius 1 is 0.971 bits per heavy atom. The zero-order valence-corrected chi connectivity index (χ0v) is 18.4. The fourth-order valence-corrected chi connectivity index (χ4v) is 3.56. The fourth-order valence-electron chi connectivity index (χ4n) is 3.56. The number of hydrogen-bond acceptors (Lipinski definition) is 9. The lowest BCUT2D eigenvalue weighted by molar-refractivity contribution is -0.304. The number of ketones is 1. The Balaban J connectivity index is 1.61. The molecule has 0 spiro atoms. The van der Waals surface area contributed by atoms with Gasteiger partial charge < -0.3 is 40.4 Å². The number of carboxylic acid groups (broad SMARTS) is 1. The summed E-state index contributed by atoms with van der Waals surface area (Å²) in [6, 6.07) is 16.4. The first-order valence-electron chi connectivity index (χ1n) is 10.9. The van der Waals surface area contributed by atoms with Crippen LogP contribution >= 0.6 is 0 Å². The molecule has 1 heterocycles. The predicted octanol–water partition coefficient (Wildman–Crippen LogP) is 0.117. The van der Waals surface area contributed by atoms with Crippen LogP contribution < -0.4 is 10.5 Å². The zero-order chi connectivity index (χ0) is 24.7. The minimum Gasteiger partial charge on any atom is -0.490 e. The molecule has 6 unspecified atom stereocenters. The third kappa shape index (κ3) is 6.38. The standard InChI is InChI=1S/C24H29NO9/c25-12-15(33-24-21(29)19(27)20(28)22(34-24)23(30)31)13-32-18-9-5-4-8-16(18)17(26)11-10-14-6-2-1-3-7-14/h1-9,15,19-22,24,27-29H,10-13,25H2,(H,30,31). The van der Waals surface area contributed by atoms with Crippen LogP contribution in [0, 0.1) is 0 Å². The Morgan fingerprint density at radius 3 is 2.32 bits per heavy atom. The summed E-state index contributed by atoms with van der Waals surface area (Å²) < 4.78 is 16.4. The topological polar surface area (TPSA) is 169 Å². The minimum absolute atomic E-state index is 0.0902. The van der Waals surface area contributed by atoms with Crippen LogP contribution in [0.15, 0.2) is 54.6 Å². The van der Waals surface area contributed by atoms with E-state index in [0.717, 1.165) is 5.56 Å². The van der Waals surface area contributed by atoms with Crippen LogP contribution in [0.5, 0.6) is 5.75 Å². The van der Waals surface area contributed by atoms with Gasteiger partial charge in [0.25, 0.3) is 0 Å². The first kappa shape index (κ1) is 25.8. The lowest BCUT2D eigenvalue weighted by Crippen LogP contribution is -2.61. The number of hydrogen-bond donors (Lipinski definition) is 5. The normalized spacial score (nSPS) is 25.5. The Labute approximate surface area is 196 Å². The van der Waals surface area contributed by atoms with E-state index in [1.807, 2.05) is 30.3 Å². The van der Waals surface area contributed by atoms with Crippen LogP contribution in [0.1, 0.15) is 22.3 Å². The number of aryl methyl sites for hydroxylation is 1. The van der Waals surface area contributed by atoms with Crippen molar-refractivity contribution < 1.29 is 44.2 Å². The molecule has 1 aliphatic rings. The van der Waals surface area contributed by atoms with E-state index < -0.39 is 42.8 Å². The fraction of sp³-hybridized carbons (Fsp3) is 0.417. The largest absolute Gasteiger partial charge is 0.490 e. The van der Waals surface area contributed by atoms with Crippen molar-refractivity contribution in [2.75, 3.05) is 13.2 Å². The molecule has 10 heteroatoms. The summed E-state index contributed by atoms with van der Waals surface area (Å²) in [5.74, 6) is -1.29. The molecule has 10 nitrogen and oxygen atoms in total. The van der Waals surface area contributed by atoms with Crippen LogP contribution in [0.25, 0.3) is 0 Å². The lowest BCUT2D eigenvalue weighted by Gasteiger charge is -2.39. The highest BCUT2D eigenvalue weighted by Gasteiger charge is 2.48. The van der Waals surface area contributed by atoms with Crippen molar-refractivity contribution in [2.24, 2.45) is 5.73 Å². The highest BCUT2D eigenvalue weighted by atomic mass is 16.7. The Kier molecular flexibility index (Phi) is 9.11. The lowest BCUT2D eigenvalue weighted by atomic mass is 9.99. The number of carbonyl (C=O) groups is 2. The molecule has 184 valence electrons. The summed E-state index contributed by atoms with van der Waals surface area (Å²) in [6.45, 7) is -0.227. The number of carbonyl (C=O) groups excluding carboxylic acids is 1. The number of para-hydroxylation sites is 1. The maximum Gasteiger partial charge on any atom is 0.335 e. The molecule has 2 aromatic carbocycles. The Bertz CT molecular complexity index is 954. The van der Waals surface area contributed by atoms with E-state index in [-0.39, 0.29) is 18.9 Å². The van der Waals surface area contributed by atoms with Gasteiger partial charge in [-0.15, -0.1) is 0 Å². The predicted molar refractivity (Wildman–Crippen MR) is 119 cm³/mol. The number of ether oxygens (including phenoxy) is 3. The van der Waals surface area contributed by atoms with Gasteiger partial charge in [-0.05, 0) is 24.1 Å². The molecule has 6 atom stereocenters. The van der Waals surface area contributed by atoms with Crippen LogP contribution in [-0.2, 0) is 20.7 Å². The van der Waals surface area contributed by atoms with Gasteiger partial charge >= 0.3 is 5.97 Å². The molecule has 0 saturated carbocycles. The van der Waals surface area contributed by atoms with Gasteiger partial charge in [-0.1, -0.05) is 42.5 Å². The van der Waals surface area contributed by atoms with E-state index in [4.69, 9.17) is 25.1 Å². The molecule has 34 heavy (non-hydrogen) atoms. The molecule has 0 amide bonds. The third-order valence-electron chi connectivity index (χ3n) is 5.50. The molecule has 1 saturated heterocycles.